The van der Waals surface area contributed by atoms with Crippen molar-refractivity contribution in [3.63, 3.8) is 0 Å². The van der Waals surface area contributed by atoms with Crippen molar-refractivity contribution in [2.75, 3.05) is 24.7 Å². The molecular formula is C25H28ClN5O9. The second-order valence-corrected chi connectivity index (χ2v) is 10.4. The molecule has 1 aromatic carbocycles. The first kappa shape index (κ1) is 28.1. The lowest BCUT2D eigenvalue weighted by molar-refractivity contribution is -0.192. The van der Waals surface area contributed by atoms with E-state index in [1.54, 1.807) is 30.3 Å². The molecule has 214 valence electrons. The summed E-state index contributed by atoms with van der Waals surface area (Å²) in [7, 11) is 0. The van der Waals surface area contributed by atoms with Gasteiger partial charge in [0, 0.05) is 13.0 Å². The number of nitrogens with zero attached hydrogens (tertiary/aromatic N) is 5. The largest absolute Gasteiger partial charge is 0.479 e. The highest BCUT2D eigenvalue weighted by Crippen LogP contribution is 2.40. The number of aliphatic carboxylic acids is 2. The van der Waals surface area contributed by atoms with E-state index in [2.05, 4.69) is 15.0 Å². The van der Waals surface area contributed by atoms with Crippen LogP contribution in [0.15, 0.2) is 36.7 Å². The van der Waals surface area contributed by atoms with Gasteiger partial charge in [0.2, 0.25) is 5.28 Å². The average Bonchev–Trinajstić information content (AvgIpc) is 3.39. The second kappa shape index (κ2) is 10.5. The predicted molar refractivity (Wildman–Crippen MR) is 138 cm³/mol. The summed E-state index contributed by atoms with van der Waals surface area (Å²) in [5.41, 5.74) is -3.74. The highest BCUT2D eigenvalue weighted by atomic mass is 35.5. The predicted octanol–water partition coefficient (Wildman–Crippen LogP) is 0.227. The van der Waals surface area contributed by atoms with Gasteiger partial charge >= 0.3 is 11.9 Å². The number of benzene rings is 1. The third-order valence-electron chi connectivity index (χ3n) is 7.57. The van der Waals surface area contributed by atoms with E-state index in [1.165, 1.54) is 17.8 Å². The average molecular weight is 578 g/mol. The molecule has 4 heterocycles. The number of aromatic nitrogens is 4. The Hall–Kier alpha value is -3.40. The number of anilines is 1. The monoisotopic (exact) mass is 577 g/mol. The number of ether oxygens (including phenoxy) is 2. The van der Waals surface area contributed by atoms with Gasteiger partial charge in [-0.3, -0.25) is 4.57 Å². The summed E-state index contributed by atoms with van der Waals surface area (Å²) in [4.78, 5) is 39.0. The van der Waals surface area contributed by atoms with Crippen LogP contribution in [0.4, 0.5) is 5.82 Å². The van der Waals surface area contributed by atoms with Gasteiger partial charge in [-0.1, -0.05) is 30.3 Å². The highest BCUT2D eigenvalue weighted by Gasteiger charge is 2.56. The number of hydrogen-bond acceptors (Lipinski definition) is 11. The molecule has 2 aliphatic heterocycles. The second-order valence-electron chi connectivity index (χ2n) is 10.1. The molecule has 2 fully saturated rings. The third kappa shape index (κ3) is 4.66. The van der Waals surface area contributed by atoms with Crippen LogP contribution in [0.5, 0.6) is 0 Å². The summed E-state index contributed by atoms with van der Waals surface area (Å²) in [5.74, 6) is -3.07. The molecule has 2 aliphatic rings. The summed E-state index contributed by atoms with van der Waals surface area (Å²) < 4.78 is 12.8. The lowest BCUT2D eigenvalue weighted by Crippen LogP contribution is -2.54. The zero-order chi connectivity index (χ0) is 28.8. The maximum Gasteiger partial charge on any atom is 0.348 e. The lowest BCUT2D eigenvalue weighted by Gasteiger charge is -2.40. The van der Waals surface area contributed by atoms with Crippen molar-refractivity contribution < 1.29 is 44.6 Å². The highest BCUT2D eigenvalue weighted by molar-refractivity contribution is 6.28. The molecule has 2 aromatic heterocycles. The number of halogens is 1. The van der Waals surface area contributed by atoms with Crippen molar-refractivity contribution >= 4 is 40.5 Å². The molecule has 0 saturated carbocycles. The number of aliphatic hydroxyl groups is 3. The lowest BCUT2D eigenvalue weighted by atomic mass is 9.92. The Labute approximate surface area is 232 Å². The summed E-state index contributed by atoms with van der Waals surface area (Å²) in [5, 5.41) is 51.5. The van der Waals surface area contributed by atoms with Gasteiger partial charge in [0.05, 0.1) is 25.6 Å². The molecule has 2 saturated heterocycles. The van der Waals surface area contributed by atoms with Crippen LogP contribution in [0.3, 0.4) is 0 Å². The molecule has 1 unspecified atom stereocenters. The minimum absolute atomic E-state index is 0.0860. The molecule has 5 atom stereocenters. The molecular weight excluding hydrogens is 550 g/mol. The minimum atomic E-state index is -2.68. The molecule has 0 amide bonds. The molecule has 0 radical (unpaired) electrons. The van der Waals surface area contributed by atoms with Crippen molar-refractivity contribution in [3.8, 4) is 0 Å². The number of carboxylic acids is 2. The summed E-state index contributed by atoms with van der Waals surface area (Å²) in [6, 6.07) is 7.96. The molecule has 14 nitrogen and oxygen atoms in total. The van der Waals surface area contributed by atoms with Crippen molar-refractivity contribution in [1.82, 2.24) is 19.5 Å². The van der Waals surface area contributed by atoms with Crippen molar-refractivity contribution in [1.29, 1.82) is 0 Å². The number of imidazole rings is 1. The van der Waals surface area contributed by atoms with Crippen molar-refractivity contribution in [3.05, 3.63) is 47.5 Å². The van der Waals surface area contributed by atoms with Crippen LogP contribution in [0, 0.1) is 0 Å². The van der Waals surface area contributed by atoms with Crippen LogP contribution in [0.25, 0.3) is 11.2 Å². The molecule has 40 heavy (non-hydrogen) atoms. The Bertz CT molecular complexity index is 1400. The van der Waals surface area contributed by atoms with Gasteiger partial charge in [-0.15, -0.1) is 0 Å². The van der Waals surface area contributed by atoms with E-state index in [0.29, 0.717) is 23.4 Å². The van der Waals surface area contributed by atoms with Gasteiger partial charge < -0.3 is 39.9 Å². The van der Waals surface area contributed by atoms with Crippen molar-refractivity contribution in [2.45, 2.75) is 55.4 Å². The standard InChI is InChI=1S/C25H28ClN5O9/c1-24(38)15(11-39-25(21(34)35,22(36)37)9-13-5-3-2-4-6-13)40-20(17(24)33)31-12-27-16-18(28-23(26)29-19(16)31)30-8-7-14(30)10-32/h2-6,12,14-15,17,20,32-33,38H,7-11H2,1H3,(H,34,35)(H,36,37)/t14?,15-,17+,20-,24-/m1/s1. The Morgan fingerprint density at radius 3 is 2.52 bits per heavy atom. The number of rotatable bonds is 10. The number of aliphatic hydroxyl groups excluding tert-OH is 2. The zero-order valence-corrected chi connectivity index (χ0v) is 22.0. The normalized spacial score (nSPS) is 26.7. The Morgan fingerprint density at radius 2 is 1.93 bits per heavy atom. The van der Waals surface area contributed by atoms with E-state index >= 15 is 0 Å². The van der Waals surface area contributed by atoms with E-state index in [9.17, 15) is 35.1 Å². The summed E-state index contributed by atoms with van der Waals surface area (Å²) >= 11 is 6.19. The zero-order valence-electron chi connectivity index (χ0n) is 21.3. The minimum Gasteiger partial charge on any atom is -0.479 e. The van der Waals surface area contributed by atoms with E-state index in [0.717, 1.165) is 6.42 Å². The van der Waals surface area contributed by atoms with Gasteiger partial charge in [-0.25, -0.2) is 14.6 Å². The fourth-order valence-corrected chi connectivity index (χ4v) is 5.14. The van der Waals surface area contributed by atoms with Crippen LogP contribution in [0.1, 0.15) is 25.1 Å². The summed E-state index contributed by atoms with van der Waals surface area (Å²) in [6.45, 7) is 1.13. The van der Waals surface area contributed by atoms with Crippen LogP contribution in [-0.2, 0) is 25.5 Å². The first-order valence-corrected chi connectivity index (χ1v) is 12.9. The maximum absolute atomic E-state index is 12.2. The molecule has 0 aliphatic carbocycles. The number of fused-ring (bicyclic) bond motifs is 1. The SMILES string of the molecule is C[C@@]1(O)[C@@H](COC(Cc2ccccc2)(C(=O)O)C(=O)O)O[C@@H](n2cnc3c(N4CCC4CO)nc(Cl)nc32)[C@@H]1O. The molecule has 0 spiro atoms. The quantitative estimate of drug-likeness (QED) is 0.162. The van der Waals surface area contributed by atoms with Crippen LogP contribution < -0.4 is 4.90 Å². The molecule has 5 N–H and O–H groups in total. The molecule has 0 bridgehead atoms. The van der Waals surface area contributed by atoms with Gasteiger partial charge in [-0.2, -0.15) is 9.97 Å². The first-order valence-electron chi connectivity index (χ1n) is 12.5. The molecule has 3 aromatic rings. The van der Waals surface area contributed by atoms with Gasteiger partial charge in [0.1, 0.15) is 17.8 Å². The topological polar surface area (TPSA) is 201 Å². The Balaban J connectivity index is 1.42. The number of carboxylic acid groups (broad SMARTS) is 2. The van der Waals surface area contributed by atoms with E-state index in [4.69, 9.17) is 21.1 Å². The van der Waals surface area contributed by atoms with Crippen LogP contribution >= 0.6 is 11.6 Å². The van der Waals surface area contributed by atoms with E-state index in [1.807, 2.05) is 4.90 Å². The van der Waals surface area contributed by atoms with Crippen LogP contribution in [0.2, 0.25) is 5.28 Å². The van der Waals surface area contributed by atoms with E-state index in [-0.39, 0.29) is 23.6 Å². The smallest absolute Gasteiger partial charge is 0.348 e. The van der Waals surface area contributed by atoms with Gasteiger partial charge in [-0.05, 0) is 30.5 Å². The summed E-state index contributed by atoms with van der Waals surface area (Å²) in [6.07, 6.45) is -2.60. The third-order valence-corrected chi connectivity index (χ3v) is 7.74. The Morgan fingerprint density at radius 1 is 1.23 bits per heavy atom. The first-order chi connectivity index (χ1) is 19.0. The molecule has 15 heteroatoms. The fraction of sp³-hybridized carbons (Fsp3) is 0.480. The van der Waals surface area contributed by atoms with Crippen LogP contribution in [-0.4, -0.2) is 106 Å². The van der Waals surface area contributed by atoms with Gasteiger partial charge in [0.25, 0.3) is 5.60 Å². The van der Waals surface area contributed by atoms with Gasteiger partial charge in [0.15, 0.2) is 23.2 Å². The number of carbonyl (C=O) groups is 2. The molecule has 5 rings (SSSR count). The Kier molecular flexibility index (Phi) is 7.41. The fourth-order valence-electron chi connectivity index (χ4n) is 4.98. The van der Waals surface area contributed by atoms with Crippen molar-refractivity contribution in [2.24, 2.45) is 0 Å². The maximum atomic E-state index is 12.2. The van der Waals surface area contributed by atoms with E-state index < -0.39 is 54.6 Å². The number of hydrogen-bond donors (Lipinski definition) is 5.